The molecule has 0 saturated heterocycles. The van der Waals surface area contributed by atoms with E-state index in [1.165, 1.54) is 6.07 Å². The predicted octanol–water partition coefficient (Wildman–Crippen LogP) is 3.23. The number of hydrogen-bond donors (Lipinski definition) is 2. The molecule has 0 unspecified atom stereocenters. The van der Waals surface area contributed by atoms with Gasteiger partial charge in [-0.25, -0.2) is 4.79 Å². The molecular weight excluding hydrogens is 276 g/mol. The third-order valence-electron chi connectivity index (χ3n) is 2.62. The van der Waals surface area contributed by atoms with Crippen LogP contribution in [0.3, 0.4) is 0 Å². The van der Waals surface area contributed by atoms with Gasteiger partial charge in [-0.15, -0.1) is 11.8 Å². The van der Waals surface area contributed by atoms with Gasteiger partial charge in [-0.05, 0) is 55.5 Å². The van der Waals surface area contributed by atoms with E-state index in [9.17, 15) is 15.0 Å². The first-order valence-electron chi connectivity index (χ1n) is 6.51. The van der Waals surface area contributed by atoms with Crippen molar-refractivity contribution >= 4 is 17.7 Å². The van der Waals surface area contributed by atoms with E-state index in [4.69, 9.17) is 4.74 Å². The van der Waals surface area contributed by atoms with Crippen LogP contribution in [0.5, 0.6) is 11.5 Å². The highest BCUT2D eigenvalue weighted by Crippen LogP contribution is 2.25. The molecule has 0 saturated carbocycles. The molecule has 0 heterocycles. The highest BCUT2D eigenvalue weighted by Gasteiger charge is 2.04. The van der Waals surface area contributed by atoms with E-state index in [2.05, 4.69) is 0 Å². The molecule has 0 spiro atoms. The number of thioether (sulfide) groups is 1. The lowest BCUT2D eigenvalue weighted by Gasteiger charge is -2.03. The quantitative estimate of drug-likeness (QED) is 0.350. The van der Waals surface area contributed by atoms with E-state index in [0.717, 1.165) is 24.2 Å². The van der Waals surface area contributed by atoms with Crippen LogP contribution in [0.4, 0.5) is 0 Å². The molecule has 1 aromatic rings. The number of benzene rings is 1. The highest BCUT2D eigenvalue weighted by atomic mass is 32.2. The fraction of sp³-hybridized carbons (Fsp3) is 0.400. The second-order valence-electron chi connectivity index (χ2n) is 4.32. The molecular formula is C15H20O4S. The zero-order chi connectivity index (χ0) is 15.0. The first kappa shape index (κ1) is 16.4. The predicted molar refractivity (Wildman–Crippen MR) is 80.9 cm³/mol. The Morgan fingerprint density at radius 1 is 1.35 bits per heavy atom. The first-order valence-corrected chi connectivity index (χ1v) is 7.55. The minimum atomic E-state index is -0.275. The third-order valence-corrected chi connectivity index (χ3v) is 3.67. The molecule has 1 rings (SSSR count). The molecule has 0 aliphatic rings. The van der Waals surface area contributed by atoms with Crippen LogP contribution >= 0.6 is 11.8 Å². The Balaban J connectivity index is 2.29. The van der Waals surface area contributed by atoms with E-state index < -0.39 is 0 Å². The fourth-order valence-corrected chi connectivity index (χ4v) is 2.34. The Bertz CT molecular complexity index is 483. The van der Waals surface area contributed by atoms with Crippen molar-refractivity contribution in [2.45, 2.75) is 26.7 Å². The maximum absolute atomic E-state index is 11.3. The number of ether oxygens (including phenoxy) is 1. The van der Waals surface area contributed by atoms with Crippen molar-refractivity contribution in [2.24, 2.45) is 0 Å². The molecule has 0 atom stereocenters. The van der Waals surface area contributed by atoms with Gasteiger partial charge in [0.05, 0.1) is 6.61 Å². The summed E-state index contributed by atoms with van der Waals surface area (Å²) < 4.78 is 4.88. The molecule has 2 N–H and O–H groups in total. The average molecular weight is 296 g/mol. The molecule has 0 radical (unpaired) electrons. The van der Waals surface area contributed by atoms with Crippen LogP contribution in [0, 0.1) is 0 Å². The summed E-state index contributed by atoms with van der Waals surface area (Å²) in [4.78, 5) is 11.3. The van der Waals surface area contributed by atoms with Gasteiger partial charge in [0.2, 0.25) is 0 Å². The van der Waals surface area contributed by atoms with Crippen molar-refractivity contribution in [3.05, 3.63) is 34.7 Å². The minimum Gasteiger partial charge on any atom is -0.504 e. The van der Waals surface area contributed by atoms with E-state index in [-0.39, 0.29) is 17.5 Å². The first-order chi connectivity index (χ1) is 9.54. The van der Waals surface area contributed by atoms with Crippen LogP contribution in [-0.4, -0.2) is 28.5 Å². The van der Waals surface area contributed by atoms with Crippen LogP contribution in [0.25, 0.3) is 0 Å². The van der Waals surface area contributed by atoms with Crippen molar-refractivity contribution < 1.29 is 19.7 Å². The van der Waals surface area contributed by atoms with Crippen molar-refractivity contribution in [1.82, 2.24) is 0 Å². The third kappa shape index (κ3) is 5.57. The van der Waals surface area contributed by atoms with Gasteiger partial charge in [0.15, 0.2) is 11.5 Å². The molecule has 4 nitrogen and oxygen atoms in total. The molecule has 0 aromatic heterocycles. The van der Waals surface area contributed by atoms with Crippen molar-refractivity contribution in [3.8, 4) is 11.5 Å². The molecule has 5 heteroatoms. The molecule has 110 valence electrons. The molecule has 1 aromatic carbocycles. The number of hydrogen-bond acceptors (Lipinski definition) is 5. The topological polar surface area (TPSA) is 66.8 Å². The summed E-state index contributed by atoms with van der Waals surface area (Å²) in [5.41, 5.74) is 1.59. The molecule has 0 bridgehead atoms. The normalized spacial score (nSPS) is 11.4. The number of phenolic OH excluding ortho intramolecular Hbond substituents is 2. The summed E-state index contributed by atoms with van der Waals surface area (Å²) in [6, 6.07) is 4.85. The van der Waals surface area contributed by atoms with E-state index in [1.54, 1.807) is 37.7 Å². The lowest BCUT2D eigenvalue weighted by atomic mass is 10.1. The summed E-state index contributed by atoms with van der Waals surface area (Å²) in [7, 11) is 0. The van der Waals surface area contributed by atoms with Crippen LogP contribution in [-0.2, 0) is 16.0 Å². The minimum absolute atomic E-state index is 0.0896. The number of aryl methyl sites for hydroxylation is 1. The lowest BCUT2D eigenvalue weighted by molar-refractivity contribution is -0.138. The molecule has 0 aliphatic heterocycles. The SMILES string of the molecule is CCOC(=O)C(C)=CSCCCc1ccc(O)c(O)c1. The number of rotatable bonds is 7. The maximum atomic E-state index is 11.3. The van der Waals surface area contributed by atoms with Crippen molar-refractivity contribution in [2.75, 3.05) is 12.4 Å². The van der Waals surface area contributed by atoms with E-state index in [1.807, 2.05) is 5.41 Å². The average Bonchev–Trinajstić information content (AvgIpc) is 2.42. The Morgan fingerprint density at radius 2 is 2.10 bits per heavy atom. The van der Waals surface area contributed by atoms with Crippen molar-refractivity contribution in [3.63, 3.8) is 0 Å². The second-order valence-corrected chi connectivity index (χ2v) is 5.30. The van der Waals surface area contributed by atoms with Gasteiger partial charge in [-0.2, -0.15) is 0 Å². The lowest BCUT2D eigenvalue weighted by Crippen LogP contribution is -2.04. The summed E-state index contributed by atoms with van der Waals surface area (Å²) in [5, 5.41) is 20.4. The second kappa shape index (κ2) is 8.53. The standard InChI is InChI=1S/C15H20O4S/c1-3-19-15(18)11(2)10-20-8-4-5-12-6-7-13(16)14(17)9-12/h6-7,9-10,16-17H,3-5,8H2,1-2H3. The number of aromatic hydroxyl groups is 2. The summed E-state index contributed by atoms with van der Waals surface area (Å²) in [6.45, 7) is 3.91. The van der Waals surface area contributed by atoms with Gasteiger partial charge < -0.3 is 14.9 Å². The largest absolute Gasteiger partial charge is 0.504 e. The number of carbonyl (C=O) groups is 1. The summed E-state index contributed by atoms with van der Waals surface area (Å²) in [5.74, 6) is 0.408. The molecule has 0 fully saturated rings. The zero-order valence-corrected chi connectivity index (χ0v) is 12.6. The number of phenols is 2. The smallest absolute Gasteiger partial charge is 0.334 e. The van der Waals surface area contributed by atoms with Gasteiger partial charge in [0.25, 0.3) is 0 Å². The van der Waals surface area contributed by atoms with Gasteiger partial charge in [-0.3, -0.25) is 0 Å². The van der Waals surface area contributed by atoms with Gasteiger partial charge in [0.1, 0.15) is 0 Å². The Morgan fingerprint density at radius 3 is 2.75 bits per heavy atom. The van der Waals surface area contributed by atoms with Gasteiger partial charge >= 0.3 is 5.97 Å². The summed E-state index contributed by atoms with van der Waals surface area (Å²) in [6.07, 6.45) is 1.73. The van der Waals surface area contributed by atoms with Crippen LogP contribution in [0.1, 0.15) is 25.8 Å². The highest BCUT2D eigenvalue weighted by molar-refractivity contribution is 8.02. The van der Waals surface area contributed by atoms with Gasteiger partial charge in [-0.1, -0.05) is 6.07 Å². The Hall–Kier alpha value is -1.62. The zero-order valence-electron chi connectivity index (χ0n) is 11.8. The Kier molecular flexibility index (Phi) is 7.01. The van der Waals surface area contributed by atoms with Crippen LogP contribution in [0.15, 0.2) is 29.2 Å². The van der Waals surface area contributed by atoms with Crippen LogP contribution < -0.4 is 0 Å². The Labute approximate surface area is 123 Å². The van der Waals surface area contributed by atoms with Crippen molar-refractivity contribution in [1.29, 1.82) is 0 Å². The maximum Gasteiger partial charge on any atom is 0.334 e. The molecule has 0 aliphatic carbocycles. The monoisotopic (exact) mass is 296 g/mol. The fourth-order valence-electron chi connectivity index (χ4n) is 1.56. The van der Waals surface area contributed by atoms with Gasteiger partial charge in [0, 0.05) is 5.57 Å². The van der Waals surface area contributed by atoms with E-state index in [0.29, 0.717) is 12.2 Å². The summed E-state index contributed by atoms with van der Waals surface area (Å²) >= 11 is 1.57. The molecule has 0 amide bonds. The number of esters is 1. The molecule has 20 heavy (non-hydrogen) atoms. The van der Waals surface area contributed by atoms with E-state index >= 15 is 0 Å². The number of carbonyl (C=O) groups excluding carboxylic acids is 1. The van der Waals surface area contributed by atoms with Crippen LogP contribution in [0.2, 0.25) is 0 Å².